The van der Waals surface area contributed by atoms with Crippen molar-refractivity contribution in [2.45, 2.75) is 32.7 Å². The summed E-state index contributed by atoms with van der Waals surface area (Å²) in [5.41, 5.74) is 1.80. The topological polar surface area (TPSA) is 95.2 Å². The smallest absolute Gasteiger partial charge is 0.225 e. The average molecular weight is 378 g/mol. The number of H-pyrrole nitrogens is 1. The largest absolute Gasteiger partial charge is 0.346 e. The van der Waals surface area contributed by atoms with Gasteiger partial charge in [-0.25, -0.2) is 17.7 Å². The molecule has 26 heavy (non-hydrogen) atoms. The normalized spacial score (nSPS) is 20.4. The van der Waals surface area contributed by atoms with Crippen LogP contribution >= 0.6 is 0 Å². The van der Waals surface area contributed by atoms with Crippen LogP contribution in [-0.2, 0) is 14.8 Å². The van der Waals surface area contributed by atoms with Crippen molar-refractivity contribution in [2.24, 2.45) is 11.8 Å². The van der Waals surface area contributed by atoms with Gasteiger partial charge in [0.15, 0.2) is 0 Å². The lowest BCUT2D eigenvalue weighted by atomic mass is 9.96. The Kier molecular flexibility index (Phi) is 5.34. The Morgan fingerprint density at radius 1 is 1.35 bits per heavy atom. The Morgan fingerprint density at radius 3 is 2.73 bits per heavy atom. The molecule has 3 rings (SSSR count). The highest BCUT2D eigenvalue weighted by Gasteiger charge is 2.32. The van der Waals surface area contributed by atoms with Crippen LogP contribution in [0.25, 0.3) is 11.0 Å². The van der Waals surface area contributed by atoms with Gasteiger partial charge < -0.3 is 10.3 Å². The Morgan fingerprint density at radius 2 is 2.08 bits per heavy atom. The van der Waals surface area contributed by atoms with Crippen LogP contribution in [0.15, 0.2) is 24.3 Å². The molecule has 2 heterocycles. The molecule has 1 saturated heterocycles. The highest BCUT2D eigenvalue weighted by Crippen LogP contribution is 2.25. The molecule has 1 aliphatic rings. The highest BCUT2D eigenvalue weighted by molar-refractivity contribution is 7.88. The summed E-state index contributed by atoms with van der Waals surface area (Å²) < 4.78 is 25.0. The van der Waals surface area contributed by atoms with E-state index in [0.29, 0.717) is 19.4 Å². The molecular weight excluding hydrogens is 352 g/mol. The Hall–Kier alpha value is -1.93. The van der Waals surface area contributed by atoms with Gasteiger partial charge in [0.25, 0.3) is 0 Å². The molecule has 0 bridgehead atoms. The summed E-state index contributed by atoms with van der Waals surface area (Å²) in [5.74, 6) is 0.432. The number of hydrogen-bond acceptors (Lipinski definition) is 4. The van der Waals surface area contributed by atoms with E-state index in [-0.39, 0.29) is 30.3 Å². The van der Waals surface area contributed by atoms with Crippen molar-refractivity contribution in [3.05, 3.63) is 30.1 Å². The van der Waals surface area contributed by atoms with Gasteiger partial charge >= 0.3 is 0 Å². The Labute approximate surface area is 154 Å². The summed E-state index contributed by atoms with van der Waals surface area (Å²) in [7, 11) is -3.27. The molecule has 2 N–H and O–H groups in total. The summed E-state index contributed by atoms with van der Waals surface area (Å²) in [6.45, 7) is 4.79. The van der Waals surface area contributed by atoms with Gasteiger partial charge in [-0.15, -0.1) is 0 Å². The zero-order valence-electron chi connectivity index (χ0n) is 15.4. The van der Waals surface area contributed by atoms with Gasteiger partial charge in [0, 0.05) is 13.1 Å². The Balaban J connectivity index is 1.76. The maximum absolute atomic E-state index is 12.8. The summed E-state index contributed by atoms with van der Waals surface area (Å²) >= 11 is 0. The molecule has 7 nitrogen and oxygen atoms in total. The molecule has 0 aliphatic carbocycles. The molecule has 0 spiro atoms. The summed E-state index contributed by atoms with van der Waals surface area (Å²) in [6.07, 6.45) is 2.59. The van der Waals surface area contributed by atoms with E-state index in [1.807, 2.05) is 38.1 Å². The fraction of sp³-hybridized carbons (Fsp3) is 0.556. The zero-order valence-corrected chi connectivity index (χ0v) is 16.2. The van der Waals surface area contributed by atoms with Gasteiger partial charge in [-0.1, -0.05) is 26.0 Å². The third-order valence-electron chi connectivity index (χ3n) is 4.89. The molecule has 1 aliphatic heterocycles. The van der Waals surface area contributed by atoms with Crippen LogP contribution in [0, 0.1) is 11.8 Å². The molecule has 1 aromatic carbocycles. The lowest BCUT2D eigenvalue weighted by Crippen LogP contribution is -2.46. The molecule has 142 valence electrons. The minimum absolute atomic E-state index is 0.113. The van der Waals surface area contributed by atoms with Crippen molar-refractivity contribution in [3.63, 3.8) is 0 Å². The molecule has 0 saturated carbocycles. The molecule has 1 fully saturated rings. The first kappa shape index (κ1) is 18.8. The van der Waals surface area contributed by atoms with Crippen molar-refractivity contribution >= 4 is 27.0 Å². The van der Waals surface area contributed by atoms with Crippen LogP contribution in [0.1, 0.15) is 38.6 Å². The molecule has 1 aromatic heterocycles. The number of nitrogens with one attached hydrogen (secondary N) is 2. The van der Waals surface area contributed by atoms with E-state index in [2.05, 4.69) is 15.3 Å². The first-order chi connectivity index (χ1) is 12.3. The Bertz CT molecular complexity index is 858. The van der Waals surface area contributed by atoms with Crippen molar-refractivity contribution in [1.82, 2.24) is 19.6 Å². The minimum atomic E-state index is -3.27. The maximum atomic E-state index is 12.8. The second-order valence-electron chi connectivity index (χ2n) is 7.33. The number of carbonyl (C=O) groups is 1. The van der Waals surface area contributed by atoms with Crippen LogP contribution in [-0.4, -0.2) is 47.9 Å². The lowest BCUT2D eigenvalue weighted by molar-refractivity contribution is -0.127. The van der Waals surface area contributed by atoms with Crippen LogP contribution in [0.3, 0.4) is 0 Å². The van der Waals surface area contributed by atoms with Crippen LogP contribution in [0.5, 0.6) is 0 Å². The number of fused-ring (bicyclic) bond motifs is 1. The lowest BCUT2D eigenvalue weighted by Gasteiger charge is -2.31. The maximum Gasteiger partial charge on any atom is 0.225 e. The predicted molar refractivity (Wildman–Crippen MR) is 101 cm³/mol. The van der Waals surface area contributed by atoms with Gasteiger partial charge in [-0.2, -0.15) is 0 Å². The summed E-state index contributed by atoms with van der Waals surface area (Å²) in [4.78, 5) is 20.7. The first-order valence-corrected chi connectivity index (χ1v) is 10.8. The summed E-state index contributed by atoms with van der Waals surface area (Å²) in [6, 6.07) is 7.51. The standard InChI is InChI=1S/C18H26N4O3S/c1-12(2)16(17-19-14-8-4-5-9-15(14)20-17)21-18(23)13-7-6-10-22(11-13)26(3,24)25/h4-5,8-9,12-13,16H,6-7,10-11H2,1-3H3,(H,19,20)(H,21,23). The molecule has 0 radical (unpaired) electrons. The number of sulfonamides is 1. The van der Waals surface area contributed by atoms with Gasteiger partial charge in [-0.05, 0) is 30.9 Å². The van der Waals surface area contributed by atoms with E-state index in [1.165, 1.54) is 10.6 Å². The van der Waals surface area contributed by atoms with E-state index < -0.39 is 10.0 Å². The molecule has 1 amide bonds. The monoisotopic (exact) mass is 378 g/mol. The fourth-order valence-corrected chi connectivity index (χ4v) is 4.31. The minimum Gasteiger partial charge on any atom is -0.346 e. The van der Waals surface area contributed by atoms with Crippen LogP contribution < -0.4 is 5.32 Å². The van der Waals surface area contributed by atoms with E-state index in [9.17, 15) is 13.2 Å². The average Bonchev–Trinajstić information content (AvgIpc) is 3.02. The number of nitrogens with zero attached hydrogens (tertiary/aromatic N) is 2. The van der Waals surface area contributed by atoms with Crippen molar-refractivity contribution in [3.8, 4) is 0 Å². The van der Waals surface area contributed by atoms with Gasteiger partial charge in [-0.3, -0.25) is 4.79 Å². The summed E-state index contributed by atoms with van der Waals surface area (Å²) in [5, 5.41) is 3.08. The molecule has 2 atom stereocenters. The number of imidazole rings is 1. The van der Waals surface area contributed by atoms with Crippen molar-refractivity contribution in [2.75, 3.05) is 19.3 Å². The number of aromatic amines is 1. The van der Waals surface area contributed by atoms with Gasteiger partial charge in [0.05, 0.1) is 29.2 Å². The number of carbonyl (C=O) groups excluding carboxylic acids is 1. The fourth-order valence-electron chi connectivity index (χ4n) is 3.40. The number of amides is 1. The van der Waals surface area contributed by atoms with E-state index in [4.69, 9.17) is 0 Å². The van der Waals surface area contributed by atoms with Gasteiger partial charge in [0.2, 0.25) is 15.9 Å². The van der Waals surface area contributed by atoms with E-state index >= 15 is 0 Å². The molecule has 2 aromatic rings. The number of rotatable bonds is 5. The van der Waals surface area contributed by atoms with E-state index in [0.717, 1.165) is 16.9 Å². The number of hydrogen-bond donors (Lipinski definition) is 2. The number of aromatic nitrogens is 2. The SMILES string of the molecule is CC(C)C(NC(=O)C1CCCN(S(C)(=O)=O)C1)c1nc2ccccc2[nH]1. The molecule has 2 unspecified atom stereocenters. The number of piperidine rings is 1. The number of para-hydroxylation sites is 2. The third-order valence-corrected chi connectivity index (χ3v) is 6.16. The number of benzene rings is 1. The second-order valence-corrected chi connectivity index (χ2v) is 9.31. The van der Waals surface area contributed by atoms with E-state index in [1.54, 1.807) is 0 Å². The third kappa shape index (κ3) is 4.07. The quantitative estimate of drug-likeness (QED) is 0.832. The molecule has 8 heteroatoms. The van der Waals surface area contributed by atoms with Gasteiger partial charge in [0.1, 0.15) is 5.82 Å². The highest BCUT2D eigenvalue weighted by atomic mass is 32.2. The van der Waals surface area contributed by atoms with Crippen molar-refractivity contribution < 1.29 is 13.2 Å². The molecular formula is C18H26N4O3S. The van der Waals surface area contributed by atoms with Crippen molar-refractivity contribution in [1.29, 1.82) is 0 Å². The van der Waals surface area contributed by atoms with Crippen LogP contribution in [0.4, 0.5) is 0 Å². The van der Waals surface area contributed by atoms with Crippen LogP contribution in [0.2, 0.25) is 0 Å². The first-order valence-electron chi connectivity index (χ1n) is 8.96. The predicted octanol–water partition coefficient (Wildman–Crippen LogP) is 2.05. The zero-order chi connectivity index (χ0) is 18.9. The second kappa shape index (κ2) is 7.36.